The summed E-state index contributed by atoms with van der Waals surface area (Å²) in [5.74, 6) is 0.255. The molecular weight excluding hydrogens is 334 g/mol. The zero-order valence-corrected chi connectivity index (χ0v) is 15.0. The van der Waals surface area contributed by atoms with E-state index in [1.165, 1.54) is 19.2 Å². The third-order valence-electron chi connectivity index (χ3n) is 4.03. The van der Waals surface area contributed by atoms with E-state index >= 15 is 0 Å². The number of carbonyl (C=O) groups excluding carboxylic acids is 1. The first kappa shape index (κ1) is 19.3. The van der Waals surface area contributed by atoms with Gasteiger partial charge in [-0.3, -0.25) is 4.79 Å². The minimum Gasteiger partial charge on any atom is -0.497 e. The molecule has 0 heterocycles. The highest BCUT2D eigenvalue weighted by Crippen LogP contribution is 2.20. The maximum absolute atomic E-state index is 12.0. The fourth-order valence-electron chi connectivity index (χ4n) is 2.59. The molecule has 0 bridgehead atoms. The molecule has 2 N–H and O–H groups in total. The number of aromatic carboxylic acids is 1. The number of hydrogen-bond donors (Lipinski definition) is 2. The van der Waals surface area contributed by atoms with Crippen molar-refractivity contribution in [2.75, 3.05) is 20.8 Å². The molecule has 0 saturated heterocycles. The Balaban J connectivity index is 1.81. The van der Waals surface area contributed by atoms with Crippen molar-refractivity contribution < 1.29 is 24.2 Å². The standard InChI is InChI=1S/C20H23NO5/c1-25-17-5-3-4-14(12-17)6-9-19(22)21-11-10-15-7-8-16(20(23)24)13-18(15)26-2/h3-5,7-8,12-13H,6,9-11H2,1-2H3,(H,21,22)(H,23,24). The monoisotopic (exact) mass is 357 g/mol. The number of carboxylic acids is 1. The second-order valence-corrected chi connectivity index (χ2v) is 5.78. The zero-order chi connectivity index (χ0) is 18.9. The molecule has 0 aliphatic carbocycles. The summed E-state index contributed by atoms with van der Waals surface area (Å²) in [6.45, 7) is 0.458. The lowest BCUT2D eigenvalue weighted by atomic mass is 10.1. The normalized spacial score (nSPS) is 10.2. The maximum Gasteiger partial charge on any atom is 0.335 e. The van der Waals surface area contributed by atoms with Crippen LogP contribution in [-0.2, 0) is 17.6 Å². The van der Waals surface area contributed by atoms with Crippen molar-refractivity contribution in [3.63, 3.8) is 0 Å². The summed E-state index contributed by atoms with van der Waals surface area (Å²) in [5, 5.41) is 11.9. The largest absolute Gasteiger partial charge is 0.497 e. The first-order chi connectivity index (χ1) is 12.5. The van der Waals surface area contributed by atoms with Crippen molar-refractivity contribution in [1.82, 2.24) is 5.32 Å². The van der Waals surface area contributed by atoms with Crippen molar-refractivity contribution in [2.45, 2.75) is 19.3 Å². The number of carbonyl (C=O) groups is 2. The Kier molecular flexibility index (Phi) is 7.02. The number of nitrogens with one attached hydrogen (secondary N) is 1. The van der Waals surface area contributed by atoms with Gasteiger partial charge in [-0.25, -0.2) is 4.79 Å². The average Bonchev–Trinajstić information content (AvgIpc) is 2.66. The number of hydrogen-bond acceptors (Lipinski definition) is 4. The molecule has 0 unspecified atom stereocenters. The Labute approximate surface area is 152 Å². The Hall–Kier alpha value is -3.02. The molecular formula is C20H23NO5. The predicted octanol–water partition coefficient (Wildman–Crippen LogP) is 2.69. The fourth-order valence-corrected chi connectivity index (χ4v) is 2.59. The Morgan fingerprint density at radius 3 is 2.54 bits per heavy atom. The van der Waals surface area contributed by atoms with E-state index in [2.05, 4.69) is 5.32 Å². The lowest BCUT2D eigenvalue weighted by Crippen LogP contribution is -2.26. The topological polar surface area (TPSA) is 84.9 Å². The number of amides is 1. The van der Waals surface area contributed by atoms with E-state index in [-0.39, 0.29) is 11.5 Å². The molecule has 0 aliphatic rings. The van der Waals surface area contributed by atoms with Crippen LogP contribution in [0.15, 0.2) is 42.5 Å². The maximum atomic E-state index is 12.0. The molecule has 1 amide bonds. The van der Waals surface area contributed by atoms with Gasteiger partial charge in [0.05, 0.1) is 19.8 Å². The molecule has 0 aliphatic heterocycles. The molecule has 0 saturated carbocycles. The quantitative estimate of drug-likeness (QED) is 0.721. The van der Waals surface area contributed by atoms with Crippen LogP contribution < -0.4 is 14.8 Å². The smallest absolute Gasteiger partial charge is 0.335 e. The Morgan fingerprint density at radius 2 is 1.85 bits per heavy atom. The summed E-state index contributed by atoms with van der Waals surface area (Å²) in [4.78, 5) is 23.0. The van der Waals surface area contributed by atoms with Gasteiger partial charge in [0.1, 0.15) is 11.5 Å². The molecule has 0 fully saturated rings. The molecule has 2 aromatic carbocycles. The first-order valence-corrected chi connectivity index (χ1v) is 8.33. The van der Waals surface area contributed by atoms with E-state index in [1.807, 2.05) is 24.3 Å². The molecule has 0 spiro atoms. The van der Waals surface area contributed by atoms with Crippen LogP contribution in [0.4, 0.5) is 0 Å². The summed E-state index contributed by atoms with van der Waals surface area (Å²) < 4.78 is 10.4. The number of carboxylic acid groups (broad SMARTS) is 1. The number of methoxy groups -OCH3 is 2. The number of benzene rings is 2. The van der Waals surface area contributed by atoms with Crippen LogP contribution in [0.25, 0.3) is 0 Å². The fraction of sp³-hybridized carbons (Fsp3) is 0.300. The number of aryl methyl sites for hydroxylation is 1. The van der Waals surface area contributed by atoms with E-state index in [4.69, 9.17) is 14.6 Å². The van der Waals surface area contributed by atoms with E-state index in [0.29, 0.717) is 31.6 Å². The van der Waals surface area contributed by atoms with Gasteiger partial charge >= 0.3 is 5.97 Å². The van der Waals surface area contributed by atoms with Crippen LogP contribution in [-0.4, -0.2) is 37.7 Å². The third-order valence-corrected chi connectivity index (χ3v) is 4.03. The van der Waals surface area contributed by atoms with E-state index in [9.17, 15) is 9.59 Å². The summed E-state index contributed by atoms with van der Waals surface area (Å²) >= 11 is 0. The van der Waals surface area contributed by atoms with E-state index in [0.717, 1.165) is 16.9 Å². The highest BCUT2D eigenvalue weighted by Gasteiger charge is 2.09. The Bertz CT molecular complexity index is 773. The second kappa shape index (κ2) is 9.46. The van der Waals surface area contributed by atoms with Crippen LogP contribution in [0.5, 0.6) is 11.5 Å². The van der Waals surface area contributed by atoms with Crippen LogP contribution in [0.3, 0.4) is 0 Å². The van der Waals surface area contributed by atoms with Crippen LogP contribution in [0, 0.1) is 0 Å². The summed E-state index contributed by atoms with van der Waals surface area (Å²) in [7, 11) is 3.11. The molecule has 6 heteroatoms. The van der Waals surface area contributed by atoms with Crippen LogP contribution in [0.1, 0.15) is 27.9 Å². The van der Waals surface area contributed by atoms with Crippen molar-refractivity contribution in [1.29, 1.82) is 0 Å². The highest BCUT2D eigenvalue weighted by atomic mass is 16.5. The number of rotatable bonds is 9. The summed E-state index contributed by atoms with van der Waals surface area (Å²) in [6, 6.07) is 12.4. The molecule has 138 valence electrons. The molecule has 6 nitrogen and oxygen atoms in total. The molecule has 0 aromatic heterocycles. The third kappa shape index (κ3) is 5.51. The van der Waals surface area contributed by atoms with Gasteiger partial charge in [0.25, 0.3) is 0 Å². The van der Waals surface area contributed by atoms with Crippen molar-refractivity contribution in [2.24, 2.45) is 0 Å². The predicted molar refractivity (Wildman–Crippen MR) is 98.0 cm³/mol. The minimum atomic E-state index is -0.999. The SMILES string of the molecule is COc1cccc(CCC(=O)NCCc2ccc(C(=O)O)cc2OC)c1. The first-order valence-electron chi connectivity index (χ1n) is 8.33. The number of ether oxygens (including phenoxy) is 2. The lowest BCUT2D eigenvalue weighted by molar-refractivity contribution is -0.121. The van der Waals surface area contributed by atoms with Crippen LogP contribution in [0.2, 0.25) is 0 Å². The zero-order valence-electron chi connectivity index (χ0n) is 15.0. The molecule has 26 heavy (non-hydrogen) atoms. The summed E-state index contributed by atoms with van der Waals surface area (Å²) in [5.41, 5.74) is 2.07. The van der Waals surface area contributed by atoms with Gasteiger partial charge in [-0.15, -0.1) is 0 Å². The molecule has 0 atom stereocenters. The Morgan fingerprint density at radius 1 is 1.04 bits per heavy atom. The van der Waals surface area contributed by atoms with Crippen molar-refractivity contribution in [3.8, 4) is 11.5 Å². The van der Waals surface area contributed by atoms with Gasteiger partial charge in [-0.2, -0.15) is 0 Å². The van der Waals surface area contributed by atoms with Gasteiger partial charge < -0.3 is 19.9 Å². The molecule has 2 rings (SSSR count). The van der Waals surface area contributed by atoms with Gasteiger partial charge in [-0.1, -0.05) is 18.2 Å². The van der Waals surface area contributed by atoms with E-state index < -0.39 is 5.97 Å². The van der Waals surface area contributed by atoms with E-state index in [1.54, 1.807) is 13.2 Å². The van der Waals surface area contributed by atoms with Gasteiger partial charge in [0.15, 0.2) is 0 Å². The van der Waals surface area contributed by atoms with Crippen molar-refractivity contribution in [3.05, 3.63) is 59.2 Å². The van der Waals surface area contributed by atoms with Crippen molar-refractivity contribution >= 4 is 11.9 Å². The van der Waals surface area contributed by atoms with Crippen LogP contribution >= 0.6 is 0 Å². The highest BCUT2D eigenvalue weighted by molar-refractivity contribution is 5.88. The van der Waals surface area contributed by atoms with Gasteiger partial charge in [0, 0.05) is 13.0 Å². The summed E-state index contributed by atoms with van der Waals surface area (Å²) in [6.07, 6.45) is 1.59. The second-order valence-electron chi connectivity index (χ2n) is 5.78. The minimum absolute atomic E-state index is 0.0334. The molecule has 0 radical (unpaired) electrons. The van der Waals surface area contributed by atoms with Gasteiger partial charge in [0.2, 0.25) is 5.91 Å². The molecule has 2 aromatic rings. The lowest BCUT2D eigenvalue weighted by Gasteiger charge is -2.10. The van der Waals surface area contributed by atoms with Gasteiger partial charge in [-0.05, 0) is 48.2 Å². The average molecular weight is 357 g/mol.